The zero-order valence-corrected chi connectivity index (χ0v) is 11.3. The van der Waals surface area contributed by atoms with Crippen molar-refractivity contribution < 1.29 is 5.11 Å². The van der Waals surface area contributed by atoms with Crippen molar-refractivity contribution in [1.29, 1.82) is 0 Å². The maximum atomic E-state index is 9.05. The first-order valence-corrected chi connectivity index (χ1v) is 6.77. The third kappa shape index (κ3) is 3.66. The third-order valence-corrected chi connectivity index (χ3v) is 3.46. The monoisotopic (exact) mass is 255 g/mol. The maximum absolute atomic E-state index is 9.05. The van der Waals surface area contributed by atoms with Gasteiger partial charge in [0, 0.05) is 18.5 Å². The van der Waals surface area contributed by atoms with Gasteiger partial charge in [-0.1, -0.05) is 67.6 Å². The number of hydrogen-bond donors (Lipinski definition) is 2. The third-order valence-electron chi connectivity index (χ3n) is 3.46. The molecule has 100 valence electrons. The molecule has 0 unspecified atom stereocenters. The van der Waals surface area contributed by atoms with Crippen LogP contribution in [0.2, 0.25) is 0 Å². The molecule has 2 aromatic rings. The highest BCUT2D eigenvalue weighted by Crippen LogP contribution is 2.30. The summed E-state index contributed by atoms with van der Waals surface area (Å²) >= 11 is 0. The van der Waals surface area contributed by atoms with Gasteiger partial charge in [0.15, 0.2) is 0 Å². The summed E-state index contributed by atoms with van der Waals surface area (Å²) in [5, 5.41) is 12.5. The number of aliphatic hydroxyl groups is 1. The van der Waals surface area contributed by atoms with Crippen molar-refractivity contribution >= 4 is 0 Å². The molecule has 2 atom stereocenters. The van der Waals surface area contributed by atoms with E-state index < -0.39 is 0 Å². The number of nitrogens with one attached hydrogen (secondary N) is 1. The van der Waals surface area contributed by atoms with E-state index in [1.54, 1.807) is 0 Å². The average molecular weight is 255 g/mol. The molecule has 2 rings (SSSR count). The quantitative estimate of drug-likeness (QED) is 0.831. The zero-order chi connectivity index (χ0) is 13.5. The minimum atomic E-state index is 0.158. The van der Waals surface area contributed by atoms with Crippen LogP contribution >= 0.6 is 0 Å². The van der Waals surface area contributed by atoms with Crippen molar-refractivity contribution in [1.82, 2.24) is 5.32 Å². The Morgan fingerprint density at radius 3 is 1.95 bits per heavy atom. The first-order chi connectivity index (χ1) is 9.33. The van der Waals surface area contributed by atoms with E-state index in [0.717, 1.165) is 0 Å². The fourth-order valence-corrected chi connectivity index (χ4v) is 2.41. The Morgan fingerprint density at radius 1 is 0.895 bits per heavy atom. The number of rotatable bonds is 6. The number of hydrogen-bond acceptors (Lipinski definition) is 2. The average Bonchev–Trinajstić information content (AvgIpc) is 2.49. The Balaban J connectivity index is 2.22. The minimum absolute atomic E-state index is 0.158. The summed E-state index contributed by atoms with van der Waals surface area (Å²) in [5.74, 6) is 0.357. The van der Waals surface area contributed by atoms with Crippen LogP contribution in [-0.2, 0) is 0 Å². The molecule has 2 aromatic carbocycles. The molecule has 0 aliphatic rings. The molecular formula is C17H21NO. The van der Waals surface area contributed by atoms with E-state index in [1.807, 2.05) is 12.1 Å². The van der Waals surface area contributed by atoms with E-state index >= 15 is 0 Å². The molecule has 0 radical (unpaired) electrons. The molecule has 0 amide bonds. The highest BCUT2D eigenvalue weighted by Gasteiger charge is 2.19. The van der Waals surface area contributed by atoms with Gasteiger partial charge >= 0.3 is 0 Å². The lowest BCUT2D eigenvalue weighted by atomic mass is 9.88. The van der Waals surface area contributed by atoms with Gasteiger partial charge in [0.25, 0.3) is 0 Å². The zero-order valence-electron chi connectivity index (χ0n) is 11.3. The van der Waals surface area contributed by atoms with Gasteiger partial charge in [0.1, 0.15) is 0 Å². The van der Waals surface area contributed by atoms with Gasteiger partial charge in [-0.2, -0.15) is 0 Å². The maximum Gasteiger partial charge on any atom is 0.0556 e. The lowest BCUT2D eigenvalue weighted by molar-refractivity contribution is 0.280. The van der Waals surface area contributed by atoms with Crippen molar-refractivity contribution in [2.24, 2.45) is 0 Å². The minimum Gasteiger partial charge on any atom is -0.395 e. The lowest BCUT2D eigenvalue weighted by Crippen LogP contribution is -2.28. The van der Waals surface area contributed by atoms with Crippen LogP contribution in [0.3, 0.4) is 0 Å². The Hall–Kier alpha value is -1.64. The standard InChI is InChI=1S/C17H21NO/c1-14(15-8-4-2-5-9-15)17(18-12-13-19)16-10-6-3-7-11-16/h2-11,14,17-19H,12-13H2,1H3/t14-,17-/m1/s1. The summed E-state index contributed by atoms with van der Waals surface area (Å²) in [6.07, 6.45) is 0. The Labute approximate surface area is 115 Å². The van der Waals surface area contributed by atoms with Gasteiger partial charge in [0.2, 0.25) is 0 Å². The van der Waals surface area contributed by atoms with Crippen molar-refractivity contribution in [3.63, 3.8) is 0 Å². The molecule has 0 bridgehead atoms. The number of benzene rings is 2. The smallest absolute Gasteiger partial charge is 0.0556 e. The second-order valence-electron chi connectivity index (χ2n) is 4.77. The summed E-state index contributed by atoms with van der Waals surface area (Å²) < 4.78 is 0. The van der Waals surface area contributed by atoms with Crippen LogP contribution in [0.5, 0.6) is 0 Å². The highest BCUT2D eigenvalue weighted by molar-refractivity contribution is 5.27. The van der Waals surface area contributed by atoms with Gasteiger partial charge in [-0.3, -0.25) is 0 Å². The molecule has 0 saturated carbocycles. The van der Waals surface area contributed by atoms with Crippen molar-refractivity contribution in [2.75, 3.05) is 13.2 Å². The summed E-state index contributed by atoms with van der Waals surface area (Å²) in [6, 6.07) is 21.1. The van der Waals surface area contributed by atoms with E-state index in [4.69, 9.17) is 5.11 Å². The Bertz CT molecular complexity index is 469. The summed E-state index contributed by atoms with van der Waals surface area (Å²) in [6.45, 7) is 2.99. The molecule has 0 fully saturated rings. The fraction of sp³-hybridized carbons (Fsp3) is 0.294. The van der Waals surface area contributed by atoms with Gasteiger partial charge in [-0.15, -0.1) is 0 Å². The molecule has 0 spiro atoms. The van der Waals surface area contributed by atoms with Crippen LogP contribution in [0.15, 0.2) is 60.7 Å². The van der Waals surface area contributed by atoms with E-state index in [-0.39, 0.29) is 12.6 Å². The Kier molecular flexibility index (Phi) is 5.13. The molecular weight excluding hydrogens is 234 g/mol. The van der Waals surface area contributed by atoms with Gasteiger partial charge in [0.05, 0.1) is 6.61 Å². The van der Waals surface area contributed by atoms with Gasteiger partial charge in [-0.05, 0) is 11.1 Å². The molecule has 0 aromatic heterocycles. The second kappa shape index (κ2) is 7.07. The van der Waals surface area contributed by atoms with Gasteiger partial charge in [-0.25, -0.2) is 0 Å². The lowest BCUT2D eigenvalue weighted by Gasteiger charge is -2.26. The van der Waals surface area contributed by atoms with Crippen LogP contribution < -0.4 is 5.32 Å². The normalized spacial score (nSPS) is 14.0. The van der Waals surface area contributed by atoms with Crippen LogP contribution in [0.25, 0.3) is 0 Å². The SMILES string of the molecule is C[C@H](c1ccccc1)[C@@H](NCCO)c1ccccc1. The topological polar surface area (TPSA) is 32.3 Å². The molecule has 0 heterocycles. The summed E-state index contributed by atoms with van der Waals surface area (Å²) in [7, 11) is 0. The first kappa shape index (κ1) is 13.8. The molecule has 2 heteroatoms. The summed E-state index contributed by atoms with van der Waals surface area (Å²) in [5.41, 5.74) is 2.56. The van der Waals surface area contributed by atoms with E-state index in [9.17, 15) is 0 Å². The Morgan fingerprint density at radius 2 is 1.42 bits per heavy atom. The van der Waals surface area contributed by atoms with Crippen molar-refractivity contribution in [3.05, 3.63) is 71.8 Å². The highest BCUT2D eigenvalue weighted by atomic mass is 16.3. The largest absolute Gasteiger partial charge is 0.395 e. The molecule has 0 saturated heterocycles. The van der Waals surface area contributed by atoms with E-state index in [2.05, 4.69) is 60.8 Å². The fourth-order valence-electron chi connectivity index (χ4n) is 2.41. The van der Waals surface area contributed by atoms with E-state index in [1.165, 1.54) is 11.1 Å². The van der Waals surface area contributed by atoms with Crippen LogP contribution in [0.4, 0.5) is 0 Å². The van der Waals surface area contributed by atoms with Gasteiger partial charge < -0.3 is 10.4 Å². The summed E-state index contributed by atoms with van der Waals surface area (Å²) in [4.78, 5) is 0. The predicted octanol–water partition coefficient (Wildman–Crippen LogP) is 3.11. The second-order valence-corrected chi connectivity index (χ2v) is 4.77. The number of aliphatic hydroxyl groups excluding tert-OH is 1. The van der Waals surface area contributed by atoms with Crippen molar-refractivity contribution in [2.45, 2.75) is 18.9 Å². The molecule has 19 heavy (non-hydrogen) atoms. The molecule has 2 nitrogen and oxygen atoms in total. The van der Waals surface area contributed by atoms with E-state index in [0.29, 0.717) is 12.5 Å². The molecule has 0 aliphatic carbocycles. The molecule has 0 aliphatic heterocycles. The van der Waals surface area contributed by atoms with Crippen LogP contribution in [0.1, 0.15) is 30.0 Å². The van der Waals surface area contributed by atoms with Crippen LogP contribution in [-0.4, -0.2) is 18.3 Å². The predicted molar refractivity (Wildman–Crippen MR) is 79.1 cm³/mol. The molecule has 2 N–H and O–H groups in total. The first-order valence-electron chi connectivity index (χ1n) is 6.77. The van der Waals surface area contributed by atoms with Crippen molar-refractivity contribution in [3.8, 4) is 0 Å². The van der Waals surface area contributed by atoms with Crippen LogP contribution in [0, 0.1) is 0 Å².